The standard InChI is InChI=1S/C13H11N5O2/c1-18-12-10(6-16-18)11(14-7-15-12)17-9-4-2-8(3-5-9)13(19)20/h2-7H,1H3,(H,19,20)(H,14,15,17)/p-1. The van der Waals surface area contributed by atoms with E-state index in [4.69, 9.17) is 0 Å². The zero-order chi connectivity index (χ0) is 14.1. The van der Waals surface area contributed by atoms with Crippen LogP contribution in [0.2, 0.25) is 0 Å². The summed E-state index contributed by atoms with van der Waals surface area (Å²) in [5.41, 5.74) is 1.57. The van der Waals surface area contributed by atoms with Crippen molar-refractivity contribution in [1.29, 1.82) is 0 Å². The maximum absolute atomic E-state index is 10.7. The van der Waals surface area contributed by atoms with Crippen LogP contribution in [0.25, 0.3) is 11.0 Å². The van der Waals surface area contributed by atoms with E-state index in [-0.39, 0.29) is 5.56 Å². The number of fused-ring (bicyclic) bond motifs is 1. The molecule has 0 aliphatic carbocycles. The molecule has 1 aromatic carbocycles. The summed E-state index contributed by atoms with van der Waals surface area (Å²) in [6.45, 7) is 0. The zero-order valence-corrected chi connectivity index (χ0v) is 10.6. The number of aromatic carboxylic acids is 1. The first-order valence-corrected chi connectivity index (χ1v) is 5.86. The van der Waals surface area contributed by atoms with Gasteiger partial charge in [-0.15, -0.1) is 0 Å². The second kappa shape index (κ2) is 4.61. The molecule has 0 atom stereocenters. The lowest BCUT2D eigenvalue weighted by Gasteiger charge is -2.08. The lowest BCUT2D eigenvalue weighted by Crippen LogP contribution is -2.21. The summed E-state index contributed by atoms with van der Waals surface area (Å²) < 4.78 is 1.65. The van der Waals surface area contributed by atoms with E-state index in [9.17, 15) is 9.90 Å². The van der Waals surface area contributed by atoms with Crippen LogP contribution in [-0.4, -0.2) is 25.7 Å². The fourth-order valence-electron chi connectivity index (χ4n) is 1.89. The van der Waals surface area contributed by atoms with Gasteiger partial charge < -0.3 is 15.2 Å². The average Bonchev–Trinajstić information content (AvgIpc) is 2.82. The number of aromatic nitrogens is 4. The van der Waals surface area contributed by atoms with Crippen LogP contribution in [0.3, 0.4) is 0 Å². The Balaban J connectivity index is 1.95. The van der Waals surface area contributed by atoms with Crippen molar-refractivity contribution in [3.8, 4) is 0 Å². The quantitative estimate of drug-likeness (QED) is 0.741. The fourth-order valence-corrected chi connectivity index (χ4v) is 1.89. The third kappa shape index (κ3) is 2.05. The first kappa shape index (κ1) is 12.1. The van der Waals surface area contributed by atoms with Crippen molar-refractivity contribution in [3.05, 3.63) is 42.4 Å². The summed E-state index contributed by atoms with van der Waals surface area (Å²) in [5.74, 6) is -0.586. The predicted octanol–water partition coefficient (Wildman–Crippen LogP) is 0.470. The third-order valence-corrected chi connectivity index (χ3v) is 2.91. The fraction of sp³-hybridized carbons (Fsp3) is 0.0769. The number of aryl methyl sites for hydroxylation is 1. The van der Waals surface area contributed by atoms with Crippen LogP contribution < -0.4 is 10.4 Å². The van der Waals surface area contributed by atoms with E-state index < -0.39 is 5.97 Å². The molecular weight excluding hydrogens is 258 g/mol. The number of anilines is 2. The normalized spacial score (nSPS) is 10.7. The van der Waals surface area contributed by atoms with E-state index in [0.29, 0.717) is 11.5 Å². The second-order valence-electron chi connectivity index (χ2n) is 4.22. The number of carboxylic acids is 1. The monoisotopic (exact) mass is 268 g/mol. The molecular formula is C13H10N5O2-. The molecule has 2 heterocycles. The Bertz CT molecular complexity index is 779. The average molecular weight is 268 g/mol. The Hall–Kier alpha value is -2.96. The number of carboxylic acid groups (broad SMARTS) is 1. The number of hydrogen-bond acceptors (Lipinski definition) is 6. The molecule has 0 aliphatic rings. The van der Waals surface area contributed by atoms with Gasteiger partial charge in [0.15, 0.2) is 5.65 Å². The highest BCUT2D eigenvalue weighted by Gasteiger charge is 2.07. The van der Waals surface area contributed by atoms with Crippen LogP contribution in [0, 0.1) is 0 Å². The van der Waals surface area contributed by atoms with Gasteiger partial charge in [-0.25, -0.2) is 9.97 Å². The van der Waals surface area contributed by atoms with Crippen molar-refractivity contribution < 1.29 is 9.90 Å². The molecule has 0 fully saturated rings. The molecule has 0 aliphatic heterocycles. The van der Waals surface area contributed by atoms with Crippen molar-refractivity contribution in [1.82, 2.24) is 19.7 Å². The number of carbonyl (C=O) groups is 1. The number of hydrogen-bond donors (Lipinski definition) is 1. The van der Waals surface area contributed by atoms with Crippen molar-refractivity contribution in [2.24, 2.45) is 7.05 Å². The van der Waals surface area contributed by atoms with Gasteiger partial charge in [0.25, 0.3) is 0 Å². The van der Waals surface area contributed by atoms with Crippen LogP contribution in [-0.2, 0) is 7.05 Å². The van der Waals surface area contributed by atoms with Crippen molar-refractivity contribution in [2.45, 2.75) is 0 Å². The summed E-state index contributed by atoms with van der Waals surface area (Å²) in [7, 11) is 1.80. The van der Waals surface area contributed by atoms with Crippen LogP contribution in [0.1, 0.15) is 10.4 Å². The molecule has 3 rings (SSSR count). The lowest BCUT2D eigenvalue weighted by molar-refractivity contribution is -0.255. The number of nitrogens with zero attached hydrogens (tertiary/aromatic N) is 4. The smallest absolute Gasteiger partial charge is 0.163 e. The van der Waals surface area contributed by atoms with Gasteiger partial charge in [0.2, 0.25) is 0 Å². The van der Waals surface area contributed by atoms with E-state index in [0.717, 1.165) is 11.1 Å². The molecule has 0 spiro atoms. The van der Waals surface area contributed by atoms with Gasteiger partial charge in [-0.3, -0.25) is 4.68 Å². The Morgan fingerprint density at radius 1 is 1.25 bits per heavy atom. The minimum atomic E-state index is -1.20. The molecule has 1 N–H and O–H groups in total. The van der Waals surface area contributed by atoms with Gasteiger partial charge in [-0.2, -0.15) is 5.10 Å². The molecule has 0 saturated heterocycles. The topological polar surface area (TPSA) is 95.8 Å². The second-order valence-corrected chi connectivity index (χ2v) is 4.22. The Morgan fingerprint density at radius 2 is 2.00 bits per heavy atom. The predicted molar refractivity (Wildman–Crippen MR) is 70.4 cm³/mol. The third-order valence-electron chi connectivity index (χ3n) is 2.91. The van der Waals surface area contributed by atoms with Crippen molar-refractivity contribution >= 4 is 28.5 Å². The van der Waals surface area contributed by atoms with E-state index >= 15 is 0 Å². The first-order valence-electron chi connectivity index (χ1n) is 5.86. The van der Waals surface area contributed by atoms with Crippen molar-refractivity contribution in [3.63, 3.8) is 0 Å². The van der Waals surface area contributed by atoms with E-state index in [1.807, 2.05) is 0 Å². The first-order chi connectivity index (χ1) is 9.65. The molecule has 0 bridgehead atoms. The van der Waals surface area contributed by atoms with Crippen LogP contribution in [0.15, 0.2) is 36.8 Å². The minimum Gasteiger partial charge on any atom is -0.545 e. The van der Waals surface area contributed by atoms with E-state index in [1.165, 1.54) is 18.5 Å². The van der Waals surface area contributed by atoms with Gasteiger partial charge in [0, 0.05) is 12.7 Å². The van der Waals surface area contributed by atoms with Crippen LogP contribution in [0.4, 0.5) is 11.5 Å². The Morgan fingerprint density at radius 3 is 2.70 bits per heavy atom. The molecule has 0 unspecified atom stereocenters. The highest BCUT2D eigenvalue weighted by atomic mass is 16.4. The van der Waals surface area contributed by atoms with Gasteiger partial charge in [-0.05, 0) is 17.7 Å². The molecule has 0 radical (unpaired) electrons. The van der Waals surface area contributed by atoms with Gasteiger partial charge in [0.1, 0.15) is 12.1 Å². The summed E-state index contributed by atoms with van der Waals surface area (Å²) in [4.78, 5) is 19.0. The number of nitrogens with one attached hydrogen (secondary N) is 1. The maximum atomic E-state index is 10.7. The van der Waals surface area contributed by atoms with Crippen LogP contribution >= 0.6 is 0 Å². The highest BCUT2D eigenvalue weighted by Crippen LogP contribution is 2.22. The zero-order valence-electron chi connectivity index (χ0n) is 10.6. The van der Waals surface area contributed by atoms with Gasteiger partial charge >= 0.3 is 0 Å². The molecule has 0 amide bonds. The number of rotatable bonds is 3. The van der Waals surface area contributed by atoms with Crippen molar-refractivity contribution in [2.75, 3.05) is 5.32 Å². The Labute approximate surface area is 113 Å². The molecule has 0 saturated carbocycles. The molecule has 3 aromatic rings. The van der Waals surface area contributed by atoms with Crippen LogP contribution in [0.5, 0.6) is 0 Å². The molecule has 100 valence electrons. The highest BCUT2D eigenvalue weighted by molar-refractivity contribution is 5.89. The summed E-state index contributed by atoms with van der Waals surface area (Å²) in [5, 5.41) is 18.7. The summed E-state index contributed by atoms with van der Waals surface area (Å²) in [6.07, 6.45) is 3.12. The molecule has 2 aromatic heterocycles. The molecule has 7 nitrogen and oxygen atoms in total. The largest absolute Gasteiger partial charge is 0.545 e. The van der Waals surface area contributed by atoms with E-state index in [1.54, 1.807) is 30.1 Å². The molecule has 20 heavy (non-hydrogen) atoms. The SMILES string of the molecule is Cn1ncc2c(Nc3ccc(C(=O)[O-])cc3)ncnc21. The number of benzene rings is 1. The number of carbonyl (C=O) groups excluding carboxylic acids is 1. The van der Waals surface area contributed by atoms with E-state index in [2.05, 4.69) is 20.4 Å². The molecule has 7 heteroatoms. The summed E-state index contributed by atoms with van der Waals surface area (Å²) >= 11 is 0. The van der Waals surface area contributed by atoms with Gasteiger partial charge in [0.05, 0.1) is 17.6 Å². The minimum absolute atomic E-state index is 0.129. The summed E-state index contributed by atoms with van der Waals surface area (Å²) in [6, 6.07) is 6.24. The lowest BCUT2D eigenvalue weighted by atomic mass is 10.2. The Kier molecular flexibility index (Phi) is 2.79. The van der Waals surface area contributed by atoms with Gasteiger partial charge in [-0.1, -0.05) is 12.1 Å². The maximum Gasteiger partial charge on any atom is 0.163 e.